The third kappa shape index (κ3) is 3.33. The molecule has 2 rings (SSSR count). The summed E-state index contributed by atoms with van der Waals surface area (Å²) >= 11 is 3.36. The Labute approximate surface area is 116 Å². The van der Waals surface area contributed by atoms with Crippen molar-refractivity contribution in [3.8, 4) is 0 Å². The van der Waals surface area contributed by atoms with E-state index in [0.717, 1.165) is 30.2 Å². The smallest absolute Gasteiger partial charge is 0.252 e. The molecule has 0 heterocycles. The molecular formula is C14H18BrNO2. The van der Waals surface area contributed by atoms with Gasteiger partial charge in [-0.15, -0.1) is 0 Å². The molecule has 1 amide bonds. The Bertz CT molecular complexity index is 422. The maximum absolute atomic E-state index is 12.0. The van der Waals surface area contributed by atoms with Crippen LogP contribution in [0, 0.1) is 5.92 Å². The van der Waals surface area contributed by atoms with Crippen LogP contribution >= 0.6 is 15.9 Å². The van der Waals surface area contributed by atoms with Gasteiger partial charge in [0.25, 0.3) is 5.91 Å². The number of carbonyl (C=O) groups excluding carboxylic acids is 1. The average Bonchev–Trinajstić information content (AvgIpc) is 2.38. The van der Waals surface area contributed by atoms with Gasteiger partial charge >= 0.3 is 0 Å². The first-order chi connectivity index (χ1) is 8.68. The molecule has 1 aromatic rings. The van der Waals surface area contributed by atoms with Crippen LogP contribution in [0.25, 0.3) is 0 Å². The third-order valence-electron chi connectivity index (χ3n) is 3.51. The van der Waals surface area contributed by atoms with E-state index in [1.807, 2.05) is 18.2 Å². The predicted octanol–water partition coefficient (Wildman–Crippen LogP) is 2.73. The topological polar surface area (TPSA) is 49.3 Å². The second-order valence-electron chi connectivity index (χ2n) is 4.80. The van der Waals surface area contributed by atoms with Crippen LogP contribution in [-0.4, -0.2) is 23.7 Å². The maximum Gasteiger partial charge on any atom is 0.252 e. The van der Waals surface area contributed by atoms with E-state index < -0.39 is 0 Å². The van der Waals surface area contributed by atoms with Gasteiger partial charge in [-0.05, 0) is 40.9 Å². The number of nitrogens with one attached hydrogen (secondary N) is 1. The summed E-state index contributed by atoms with van der Waals surface area (Å²) in [6.45, 7) is 0.557. The van der Waals surface area contributed by atoms with Gasteiger partial charge < -0.3 is 10.4 Å². The van der Waals surface area contributed by atoms with Gasteiger partial charge in [-0.25, -0.2) is 0 Å². The second-order valence-corrected chi connectivity index (χ2v) is 5.66. The van der Waals surface area contributed by atoms with Crippen molar-refractivity contribution in [1.29, 1.82) is 0 Å². The van der Waals surface area contributed by atoms with Crippen LogP contribution in [0.3, 0.4) is 0 Å². The number of hydrogen-bond donors (Lipinski definition) is 2. The van der Waals surface area contributed by atoms with E-state index in [1.54, 1.807) is 6.07 Å². The van der Waals surface area contributed by atoms with E-state index in [2.05, 4.69) is 21.2 Å². The van der Waals surface area contributed by atoms with E-state index in [0.29, 0.717) is 12.1 Å². The molecule has 0 aliphatic heterocycles. The summed E-state index contributed by atoms with van der Waals surface area (Å²) in [6, 6.07) is 7.36. The average molecular weight is 312 g/mol. The summed E-state index contributed by atoms with van der Waals surface area (Å²) in [5.41, 5.74) is 0.641. The van der Waals surface area contributed by atoms with Crippen molar-refractivity contribution in [2.75, 3.05) is 6.54 Å². The molecule has 4 heteroatoms. The van der Waals surface area contributed by atoms with Crippen molar-refractivity contribution in [2.24, 2.45) is 5.92 Å². The fourth-order valence-electron chi connectivity index (χ4n) is 2.39. The zero-order chi connectivity index (χ0) is 13.0. The minimum atomic E-state index is -0.265. The molecule has 0 spiro atoms. The Hall–Kier alpha value is -0.870. The van der Waals surface area contributed by atoms with E-state index in [9.17, 15) is 9.90 Å². The molecule has 0 saturated heterocycles. The first-order valence-electron chi connectivity index (χ1n) is 6.39. The van der Waals surface area contributed by atoms with Crippen LogP contribution in [0.5, 0.6) is 0 Å². The standard InChI is InChI=1S/C14H18BrNO2/c15-12-7-3-2-6-11(12)14(18)16-9-10-5-1-4-8-13(10)17/h2-3,6-7,10,13,17H,1,4-5,8-9H2,(H,16,18). The predicted molar refractivity (Wildman–Crippen MR) is 74.4 cm³/mol. The number of amides is 1. The first-order valence-corrected chi connectivity index (χ1v) is 7.18. The summed E-state index contributed by atoms with van der Waals surface area (Å²) in [4.78, 5) is 12.0. The molecule has 0 radical (unpaired) electrons. The molecule has 2 unspecified atom stereocenters. The molecule has 1 saturated carbocycles. The highest BCUT2D eigenvalue weighted by atomic mass is 79.9. The molecular weight excluding hydrogens is 294 g/mol. The lowest BCUT2D eigenvalue weighted by Crippen LogP contribution is -2.36. The van der Waals surface area contributed by atoms with Gasteiger partial charge in [0.1, 0.15) is 0 Å². The number of halogens is 1. The maximum atomic E-state index is 12.0. The van der Waals surface area contributed by atoms with E-state index in [1.165, 1.54) is 0 Å². The highest BCUT2D eigenvalue weighted by molar-refractivity contribution is 9.10. The molecule has 3 nitrogen and oxygen atoms in total. The Kier molecular flexibility index (Phi) is 4.78. The molecule has 98 valence electrons. The molecule has 0 aromatic heterocycles. The summed E-state index contributed by atoms with van der Waals surface area (Å²) in [5, 5.41) is 12.8. The Morgan fingerprint density at radius 3 is 2.78 bits per heavy atom. The number of benzene rings is 1. The van der Waals surface area contributed by atoms with Crippen molar-refractivity contribution in [3.05, 3.63) is 34.3 Å². The first kappa shape index (κ1) is 13.6. The zero-order valence-electron chi connectivity index (χ0n) is 10.2. The van der Waals surface area contributed by atoms with Gasteiger partial charge in [0.05, 0.1) is 11.7 Å². The molecule has 18 heavy (non-hydrogen) atoms. The van der Waals surface area contributed by atoms with Crippen molar-refractivity contribution < 1.29 is 9.90 Å². The van der Waals surface area contributed by atoms with Gasteiger partial charge in [0, 0.05) is 16.9 Å². The number of rotatable bonds is 3. The number of aliphatic hydroxyl groups is 1. The van der Waals surface area contributed by atoms with Crippen LogP contribution in [-0.2, 0) is 0 Å². The lowest BCUT2D eigenvalue weighted by molar-refractivity contribution is 0.0662. The minimum absolute atomic E-state index is 0.0831. The lowest BCUT2D eigenvalue weighted by atomic mass is 9.86. The Morgan fingerprint density at radius 1 is 1.33 bits per heavy atom. The fourth-order valence-corrected chi connectivity index (χ4v) is 2.86. The van der Waals surface area contributed by atoms with Gasteiger partial charge in [-0.1, -0.05) is 25.0 Å². The molecule has 1 aromatic carbocycles. The molecule has 1 fully saturated rings. The molecule has 1 aliphatic carbocycles. The fraction of sp³-hybridized carbons (Fsp3) is 0.500. The van der Waals surface area contributed by atoms with Gasteiger partial charge in [-0.3, -0.25) is 4.79 Å². The van der Waals surface area contributed by atoms with Crippen LogP contribution in [0.15, 0.2) is 28.7 Å². The highest BCUT2D eigenvalue weighted by Crippen LogP contribution is 2.24. The highest BCUT2D eigenvalue weighted by Gasteiger charge is 2.23. The zero-order valence-corrected chi connectivity index (χ0v) is 11.8. The van der Waals surface area contributed by atoms with Crippen LogP contribution in [0.1, 0.15) is 36.0 Å². The SMILES string of the molecule is O=C(NCC1CCCCC1O)c1ccccc1Br. The van der Waals surface area contributed by atoms with Crippen LogP contribution < -0.4 is 5.32 Å². The van der Waals surface area contributed by atoms with Gasteiger partial charge in [0.15, 0.2) is 0 Å². The van der Waals surface area contributed by atoms with Crippen molar-refractivity contribution in [3.63, 3.8) is 0 Å². The number of hydrogen-bond acceptors (Lipinski definition) is 2. The minimum Gasteiger partial charge on any atom is -0.393 e. The third-order valence-corrected chi connectivity index (χ3v) is 4.20. The Balaban J connectivity index is 1.90. The van der Waals surface area contributed by atoms with Crippen LogP contribution in [0.2, 0.25) is 0 Å². The molecule has 2 atom stereocenters. The van der Waals surface area contributed by atoms with E-state index >= 15 is 0 Å². The van der Waals surface area contributed by atoms with E-state index in [-0.39, 0.29) is 17.9 Å². The van der Waals surface area contributed by atoms with E-state index in [4.69, 9.17) is 0 Å². The van der Waals surface area contributed by atoms with Crippen LogP contribution in [0.4, 0.5) is 0 Å². The number of aliphatic hydroxyl groups excluding tert-OH is 1. The summed E-state index contributed by atoms with van der Waals surface area (Å²) < 4.78 is 0.798. The quantitative estimate of drug-likeness (QED) is 0.901. The van der Waals surface area contributed by atoms with Crippen molar-refractivity contribution in [1.82, 2.24) is 5.32 Å². The summed E-state index contributed by atoms with van der Waals surface area (Å²) in [7, 11) is 0. The van der Waals surface area contributed by atoms with Gasteiger partial charge in [-0.2, -0.15) is 0 Å². The van der Waals surface area contributed by atoms with Crippen molar-refractivity contribution >= 4 is 21.8 Å². The second kappa shape index (κ2) is 6.34. The molecule has 2 N–H and O–H groups in total. The monoisotopic (exact) mass is 311 g/mol. The normalized spacial score (nSPS) is 23.7. The summed E-state index contributed by atoms with van der Waals surface area (Å²) in [5.74, 6) is 0.116. The lowest BCUT2D eigenvalue weighted by Gasteiger charge is -2.27. The number of carbonyl (C=O) groups is 1. The molecule has 1 aliphatic rings. The molecule has 0 bridgehead atoms. The summed E-state index contributed by atoms with van der Waals surface area (Å²) in [6.07, 6.45) is 3.83. The van der Waals surface area contributed by atoms with Gasteiger partial charge in [0.2, 0.25) is 0 Å². The largest absolute Gasteiger partial charge is 0.393 e. The van der Waals surface area contributed by atoms with Crippen molar-refractivity contribution in [2.45, 2.75) is 31.8 Å². The Morgan fingerprint density at radius 2 is 2.06 bits per heavy atom.